The summed E-state index contributed by atoms with van der Waals surface area (Å²) in [5.74, 6) is -0.909. The lowest BCUT2D eigenvalue weighted by molar-refractivity contribution is 0.0924. The third-order valence-electron chi connectivity index (χ3n) is 2.89. The van der Waals surface area contributed by atoms with E-state index >= 15 is 0 Å². The largest absolute Gasteiger partial charge is 0.323 e. The SMILES string of the molecule is CC(C)C(C#N)C(=O)c1ccc2[nH]c(=O)[nH]c2c1. The third-order valence-corrected chi connectivity index (χ3v) is 2.89. The summed E-state index contributed by atoms with van der Waals surface area (Å²) in [6.45, 7) is 3.67. The molecular weight excluding hydrogens is 230 g/mol. The van der Waals surface area contributed by atoms with Crippen molar-refractivity contribution in [1.29, 1.82) is 5.26 Å². The first-order valence-electron chi connectivity index (χ1n) is 5.69. The number of aromatic nitrogens is 2. The summed E-state index contributed by atoms with van der Waals surface area (Å²) in [6, 6.07) is 6.91. The Labute approximate surface area is 103 Å². The zero-order chi connectivity index (χ0) is 13.3. The van der Waals surface area contributed by atoms with Crippen molar-refractivity contribution in [1.82, 2.24) is 9.97 Å². The predicted octanol–water partition coefficient (Wildman–Crippen LogP) is 1.83. The normalized spacial score (nSPS) is 12.6. The molecule has 5 heteroatoms. The fraction of sp³-hybridized carbons (Fsp3) is 0.308. The Kier molecular flexibility index (Phi) is 3.02. The van der Waals surface area contributed by atoms with Gasteiger partial charge in [0.25, 0.3) is 0 Å². The molecule has 0 fully saturated rings. The number of nitrogens with one attached hydrogen (secondary N) is 2. The van der Waals surface area contributed by atoms with Crippen LogP contribution in [-0.2, 0) is 0 Å². The Balaban J connectivity index is 2.45. The summed E-state index contributed by atoms with van der Waals surface area (Å²) in [4.78, 5) is 28.5. The maximum atomic E-state index is 12.1. The maximum Gasteiger partial charge on any atom is 0.323 e. The molecule has 0 bridgehead atoms. The van der Waals surface area contributed by atoms with Crippen LogP contribution in [-0.4, -0.2) is 15.8 Å². The van der Waals surface area contributed by atoms with E-state index in [0.717, 1.165) is 0 Å². The molecule has 0 radical (unpaired) electrons. The number of ketones is 1. The van der Waals surface area contributed by atoms with E-state index in [1.54, 1.807) is 18.2 Å². The highest BCUT2D eigenvalue weighted by molar-refractivity contribution is 6.01. The zero-order valence-corrected chi connectivity index (χ0v) is 10.2. The van der Waals surface area contributed by atoms with Crippen molar-refractivity contribution in [2.24, 2.45) is 11.8 Å². The van der Waals surface area contributed by atoms with Crippen LogP contribution < -0.4 is 5.69 Å². The smallest absolute Gasteiger partial charge is 0.306 e. The van der Waals surface area contributed by atoms with Crippen molar-refractivity contribution in [3.63, 3.8) is 0 Å². The highest BCUT2D eigenvalue weighted by Crippen LogP contribution is 2.19. The predicted molar refractivity (Wildman–Crippen MR) is 67.2 cm³/mol. The molecule has 5 nitrogen and oxygen atoms in total. The summed E-state index contributed by atoms with van der Waals surface area (Å²) in [5.41, 5.74) is 1.36. The van der Waals surface area contributed by atoms with Gasteiger partial charge in [0.15, 0.2) is 5.78 Å². The van der Waals surface area contributed by atoms with Gasteiger partial charge in [0.05, 0.1) is 17.1 Å². The van der Waals surface area contributed by atoms with E-state index in [9.17, 15) is 9.59 Å². The van der Waals surface area contributed by atoms with Gasteiger partial charge in [-0.2, -0.15) is 5.26 Å². The quantitative estimate of drug-likeness (QED) is 0.806. The second kappa shape index (κ2) is 4.49. The minimum absolute atomic E-state index is 0.0385. The van der Waals surface area contributed by atoms with E-state index < -0.39 is 5.92 Å². The van der Waals surface area contributed by atoms with Crippen molar-refractivity contribution in [3.05, 3.63) is 34.2 Å². The number of imidazole rings is 1. The Morgan fingerprint density at radius 3 is 2.56 bits per heavy atom. The van der Waals surface area contributed by atoms with E-state index in [-0.39, 0.29) is 17.4 Å². The Bertz CT molecular complexity index is 688. The summed E-state index contributed by atoms with van der Waals surface area (Å²) >= 11 is 0. The third kappa shape index (κ3) is 2.05. The lowest BCUT2D eigenvalue weighted by Crippen LogP contribution is -2.18. The molecule has 18 heavy (non-hydrogen) atoms. The number of Topliss-reactive ketones (excluding diaryl/α,β-unsaturated/α-hetero) is 1. The molecule has 1 heterocycles. The number of aromatic amines is 2. The molecule has 2 rings (SSSR count). The monoisotopic (exact) mass is 243 g/mol. The molecule has 2 N–H and O–H groups in total. The summed E-state index contributed by atoms with van der Waals surface area (Å²) in [7, 11) is 0. The molecule has 2 aromatic rings. The van der Waals surface area contributed by atoms with Crippen molar-refractivity contribution in [3.8, 4) is 6.07 Å². The average Bonchev–Trinajstić information content (AvgIpc) is 2.68. The lowest BCUT2D eigenvalue weighted by Gasteiger charge is -2.11. The number of carbonyl (C=O) groups excluding carboxylic acids is 1. The molecular formula is C13H13N3O2. The molecule has 1 aromatic heterocycles. The van der Waals surface area contributed by atoms with Crippen molar-refractivity contribution in [2.45, 2.75) is 13.8 Å². The minimum Gasteiger partial charge on any atom is -0.306 e. The average molecular weight is 243 g/mol. The van der Waals surface area contributed by atoms with Gasteiger partial charge in [-0.3, -0.25) is 4.79 Å². The number of carbonyl (C=O) groups is 1. The van der Waals surface area contributed by atoms with Crippen molar-refractivity contribution < 1.29 is 4.79 Å². The van der Waals surface area contributed by atoms with Crippen LogP contribution in [0.2, 0.25) is 0 Å². The van der Waals surface area contributed by atoms with Crippen LogP contribution in [0.3, 0.4) is 0 Å². The Hall–Kier alpha value is -2.35. The van der Waals surface area contributed by atoms with Gasteiger partial charge in [0.1, 0.15) is 5.92 Å². The first-order chi connectivity index (χ1) is 8.52. The van der Waals surface area contributed by atoms with Gasteiger partial charge >= 0.3 is 5.69 Å². The van der Waals surface area contributed by atoms with E-state index in [0.29, 0.717) is 16.6 Å². The van der Waals surface area contributed by atoms with Crippen LogP contribution in [0.1, 0.15) is 24.2 Å². The zero-order valence-electron chi connectivity index (χ0n) is 10.2. The van der Waals surface area contributed by atoms with Crippen LogP contribution in [0, 0.1) is 23.2 Å². The summed E-state index contributed by atoms with van der Waals surface area (Å²) < 4.78 is 0. The van der Waals surface area contributed by atoms with Gasteiger partial charge in [-0.15, -0.1) is 0 Å². The van der Waals surface area contributed by atoms with Crippen molar-refractivity contribution >= 4 is 16.8 Å². The maximum absolute atomic E-state index is 12.1. The summed E-state index contributed by atoms with van der Waals surface area (Å²) in [5, 5.41) is 9.01. The van der Waals surface area contributed by atoms with E-state index in [1.165, 1.54) is 0 Å². The number of nitrogens with zero attached hydrogens (tertiary/aromatic N) is 1. The Morgan fingerprint density at radius 1 is 1.28 bits per heavy atom. The number of H-pyrrole nitrogens is 2. The number of fused-ring (bicyclic) bond motifs is 1. The second-order valence-corrected chi connectivity index (χ2v) is 4.55. The molecule has 1 unspecified atom stereocenters. The first-order valence-corrected chi connectivity index (χ1v) is 5.69. The number of nitriles is 1. The molecule has 0 saturated heterocycles. The van der Waals surface area contributed by atoms with Crippen LogP contribution in [0.4, 0.5) is 0 Å². The van der Waals surface area contributed by atoms with Crippen molar-refractivity contribution in [2.75, 3.05) is 0 Å². The summed E-state index contributed by atoms with van der Waals surface area (Å²) in [6.07, 6.45) is 0. The van der Waals surface area contributed by atoms with Gasteiger partial charge in [0, 0.05) is 5.56 Å². The number of rotatable bonds is 3. The van der Waals surface area contributed by atoms with Gasteiger partial charge in [0.2, 0.25) is 0 Å². The van der Waals surface area contributed by atoms with Gasteiger partial charge < -0.3 is 9.97 Å². The molecule has 0 saturated carbocycles. The standard InChI is InChI=1S/C13H13N3O2/c1-7(2)9(6-14)12(17)8-3-4-10-11(5-8)16-13(18)15-10/h3-5,7,9H,1-2H3,(H2,15,16,18). The topological polar surface area (TPSA) is 89.5 Å². The Morgan fingerprint density at radius 2 is 1.94 bits per heavy atom. The molecule has 0 aliphatic carbocycles. The van der Waals surface area contributed by atoms with E-state index in [1.807, 2.05) is 19.9 Å². The second-order valence-electron chi connectivity index (χ2n) is 4.55. The number of benzene rings is 1. The van der Waals surface area contributed by atoms with Crippen LogP contribution in [0.15, 0.2) is 23.0 Å². The molecule has 0 aliphatic rings. The fourth-order valence-corrected chi connectivity index (χ4v) is 1.88. The van der Waals surface area contributed by atoms with Gasteiger partial charge in [-0.05, 0) is 24.1 Å². The first kappa shape index (κ1) is 12.1. The van der Waals surface area contributed by atoms with Crippen LogP contribution >= 0.6 is 0 Å². The molecule has 1 aromatic carbocycles. The molecule has 1 atom stereocenters. The van der Waals surface area contributed by atoms with E-state index in [2.05, 4.69) is 9.97 Å². The lowest BCUT2D eigenvalue weighted by atomic mass is 9.89. The molecule has 0 amide bonds. The van der Waals surface area contributed by atoms with Crippen LogP contribution in [0.5, 0.6) is 0 Å². The van der Waals surface area contributed by atoms with Crippen LogP contribution in [0.25, 0.3) is 11.0 Å². The highest BCUT2D eigenvalue weighted by Gasteiger charge is 2.23. The minimum atomic E-state index is -0.659. The number of hydrogen-bond acceptors (Lipinski definition) is 3. The van der Waals surface area contributed by atoms with Gasteiger partial charge in [-0.1, -0.05) is 13.8 Å². The van der Waals surface area contributed by atoms with E-state index in [4.69, 9.17) is 5.26 Å². The molecule has 0 aliphatic heterocycles. The highest BCUT2D eigenvalue weighted by atomic mass is 16.1. The molecule has 92 valence electrons. The fourth-order valence-electron chi connectivity index (χ4n) is 1.88. The van der Waals surface area contributed by atoms with Gasteiger partial charge in [-0.25, -0.2) is 4.79 Å². The molecule has 0 spiro atoms. The number of hydrogen-bond donors (Lipinski definition) is 2.